The third kappa shape index (κ3) is 4.84. The first kappa shape index (κ1) is 21.1. The lowest BCUT2D eigenvalue weighted by atomic mass is 10.1. The summed E-state index contributed by atoms with van der Waals surface area (Å²) in [4.78, 5) is 19.3. The van der Waals surface area contributed by atoms with E-state index >= 15 is 0 Å². The van der Waals surface area contributed by atoms with Gasteiger partial charge in [0.1, 0.15) is 12.4 Å². The molecule has 0 aromatic heterocycles. The second kappa shape index (κ2) is 9.38. The van der Waals surface area contributed by atoms with E-state index in [1.165, 1.54) is 11.1 Å². The van der Waals surface area contributed by atoms with Crippen LogP contribution in [-0.4, -0.2) is 86.2 Å². The highest BCUT2D eigenvalue weighted by molar-refractivity contribution is 5.78. The van der Waals surface area contributed by atoms with Crippen molar-refractivity contribution in [3.63, 3.8) is 0 Å². The maximum Gasteiger partial charge on any atom is 0.236 e. The minimum atomic E-state index is -0.145. The Kier molecular flexibility index (Phi) is 6.19. The van der Waals surface area contributed by atoms with Gasteiger partial charge in [-0.15, -0.1) is 0 Å². The van der Waals surface area contributed by atoms with Gasteiger partial charge in [-0.1, -0.05) is 24.3 Å². The predicted octanol–water partition coefficient (Wildman–Crippen LogP) is 2.04. The second-order valence-corrected chi connectivity index (χ2v) is 8.86. The van der Waals surface area contributed by atoms with Crippen molar-refractivity contribution >= 4 is 5.91 Å². The molecule has 0 unspecified atom stereocenters. The largest absolute Gasteiger partial charge is 0.493 e. The van der Waals surface area contributed by atoms with Crippen molar-refractivity contribution in [2.75, 3.05) is 59.5 Å². The van der Waals surface area contributed by atoms with Crippen molar-refractivity contribution in [1.29, 1.82) is 0 Å². The number of fused-ring (bicyclic) bond motifs is 2. The number of likely N-dealkylation sites (N-methyl/N-ethyl adjacent to an activating group) is 1. The molecule has 5 rings (SSSR count). The van der Waals surface area contributed by atoms with Gasteiger partial charge in [0.25, 0.3) is 0 Å². The Balaban J connectivity index is 1.05. The maximum atomic E-state index is 12.8. The minimum Gasteiger partial charge on any atom is -0.493 e. The molecule has 0 N–H and O–H groups in total. The number of benzene rings is 2. The number of hydrogen-bond donors (Lipinski definition) is 0. The summed E-state index contributed by atoms with van der Waals surface area (Å²) in [6.45, 7) is 6.94. The smallest absolute Gasteiger partial charge is 0.236 e. The molecule has 0 saturated carbocycles. The number of rotatable bonds is 6. The van der Waals surface area contributed by atoms with Gasteiger partial charge >= 0.3 is 0 Å². The Morgan fingerprint density at radius 1 is 1.00 bits per heavy atom. The van der Waals surface area contributed by atoms with E-state index in [4.69, 9.17) is 14.2 Å². The highest BCUT2D eigenvalue weighted by Crippen LogP contribution is 2.31. The fourth-order valence-electron chi connectivity index (χ4n) is 4.57. The van der Waals surface area contributed by atoms with Crippen molar-refractivity contribution in [3.8, 4) is 17.2 Å². The normalized spacial score (nSPS) is 20.5. The third-order valence-corrected chi connectivity index (χ3v) is 6.45. The van der Waals surface area contributed by atoms with Gasteiger partial charge in [0.05, 0.1) is 19.7 Å². The lowest BCUT2D eigenvalue weighted by Crippen LogP contribution is -2.50. The Morgan fingerprint density at radius 3 is 2.62 bits per heavy atom. The van der Waals surface area contributed by atoms with Crippen LogP contribution in [0, 0.1) is 0 Å². The molecule has 1 amide bonds. The van der Waals surface area contributed by atoms with E-state index in [0.717, 1.165) is 63.0 Å². The predicted molar refractivity (Wildman–Crippen MR) is 121 cm³/mol. The summed E-state index contributed by atoms with van der Waals surface area (Å²) in [6, 6.07) is 14.2. The molecule has 1 fully saturated rings. The fraction of sp³-hybridized carbons (Fsp3) is 0.480. The molecule has 2 aromatic carbocycles. The first-order valence-electron chi connectivity index (χ1n) is 11.5. The first-order chi connectivity index (χ1) is 15.6. The van der Waals surface area contributed by atoms with E-state index in [1.54, 1.807) is 4.90 Å². The van der Waals surface area contributed by atoms with Gasteiger partial charge in [-0.05, 0) is 29.3 Å². The van der Waals surface area contributed by atoms with Crippen molar-refractivity contribution in [3.05, 3.63) is 53.6 Å². The van der Waals surface area contributed by atoms with Crippen LogP contribution in [0.5, 0.6) is 17.2 Å². The molecule has 2 aromatic rings. The maximum absolute atomic E-state index is 12.8. The molecule has 1 atom stereocenters. The van der Waals surface area contributed by atoms with E-state index in [9.17, 15) is 4.79 Å². The zero-order chi connectivity index (χ0) is 21.9. The molecule has 3 aliphatic rings. The average molecular weight is 438 g/mol. The Morgan fingerprint density at radius 2 is 1.78 bits per heavy atom. The lowest BCUT2D eigenvalue weighted by molar-refractivity contribution is -0.133. The number of amides is 1. The Hall–Kier alpha value is -2.77. The van der Waals surface area contributed by atoms with Crippen molar-refractivity contribution < 1.29 is 19.0 Å². The SMILES string of the molecule is CN(C[C@H]1COc2ccccc2O1)C(=O)CN1CCN(Cc2ccc3c(c2)CCO3)CC1. The summed E-state index contributed by atoms with van der Waals surface area (Å²) in [5, 5.41) is 0. The van der Waals surface area contributed by atoms with Crippen LogP contribution in [-0.2, 0) is 17.8 Å². The Labute approximate surface area is 189 Å². The summed E-state index contributed by atoms with van der Waals surface area (Å²) >= 11 is 0. The van der Waals surface area contributed by atoms with Crippen LogP contribution in [0.3, 0.4) is 0 Å². The average Bonchev–Trinajstić information content (AvgIpc) is 3.28. The lowest BCUT2D eigenvalue weighted by Gasteiger charge is -2.35. The number of nitrogens with zero attached hydrogens (tertiary/aromatic N) is 3. The van der Waals surface area contributed by atoms with Crippen LogP contribution in [0.15, 0.2) is 42.5 Å². The quantitative estimate of drug-likeness (QED) is 0.690. The number of para-hydroxylation sites is 2. The Bertz CT molecular complexity index is 958. The molecular weight excluding hydrogens is 406 g/mol. The molecule has 7 nitrogen and oxygen atoms in total. The van der Waals surface area contributed by atoms with E-state index < -0.39 is 0 Å². The molecular formula is C25H31N3O4. The van der Waals surface area contributed by atoms with Gasteiger partial charge in [-0.25, -0.2) is 0 Å². The molecule has 170 valence electrons. The summed E-state index contributed by atoms with van der Waals surface area (Å²) in [7, 11) is 1.85. The van der Waals surface area contributed by atoms with Crippen molar-refractivity contribution in [2.45, 2.75) is 19.1 Å². The highest BCUT2D eigenvalue weighted by Gasteiger charge is 2.26. The van der Waals surface area contributed by atoms with E-state index in [-0.39, 0.29) is 12.0 Å². The van der Waals surface area contributed by atoms with Crippen LogP contribution >= 0.6 is 0 Å². The molecule has 0 radical (unpaired) electrons. The molecule has 0 bridgehead atoms. The minimum absolute atomic E-state index is 0.125. The van der Waals surface area contributed by atoms with Gasteiger partial charge < -0.3 is 19.1 Å². The first-order valence-corrected chi connectivity index (χ1v) is 11.5. The molecule has 0 spiro atoms. The van der Waals surface area contributed by atoms with Crippen LogP contribution in [0.2, 0.25) is 0 Å². The topological polar surface area (TPSA) is 54.5 Å². The summed E-state index contributed by atoms with van der Waals surface area (Å²) < 4.78 is 17.4. The highest BCUT2D eigenvalue weighted by atomic mass is 16.6. The number of piperazine rings is 1. The van der Waals surface area contributed by atoms with Crippen molar-refractivity contribution in [2.24, 2.45) is 0 Å². The standard InChI is InChI=1S/C25H31N3O4/c1-26(16-21-18-31-23-4-2-3-5-24(23)32-21)25(29)17-28-11-9-27(10-12-28)15-19-6-7-22-20(14-19)8-13-30-22/h2-7,14,21H,8-13,15-18H2,1H3/t21-/m0/s1. The van der Waals surface area contributed by atoms with Crippen LogP contribution < -0.4 is 14.2 Å². The fourth-order valence-corrected chi connectivity index (χ4v) is 4.57. The molecule has 7 heteroatoms. The number of hydrogen-bond acceptors (Lipinski definition) is 6. The summed E-state index contributed by atoms with van der Waals surface area (Å²) in [5.74, 6) is 2.68. The summed E-state index contributed by atoms with van der Waals surface area (Å²) in [5.41, 5.74) is 2.67. The molecule has 3 aliphatic heterocycles. The summed E-state index contributed by atoms with van der Waals surface area (Å²) in [6.07, 6.45) is 0.866. The van der Waals surface area contributed by atoms with E-state index in [1.807, 2.05) is 31.3 Å². The third-order valence-electron chi connectivity index (χ3n) is 6.45. The van der Waals surface area contributed by atoms with Crippen LogP contribution in [0.25, 0.3) is 0 Å². The number of carbonyl (C=O) groups is 1. The molecule has 0 aliphatic carbocycles. The number of carbonyl (C=O) groups excluding carboxylic acids is 1. The van der Waals surface area contributed by atoms with Crippen LogP contribution in [0.4, 0.5) is 0 Å². The van der Waals surface area contributed by atoms with E-state index in [2.05, 4.69) is 28.0 Å². The molecule has 3 heterocycles. The van der Waals surface area contributed by atoms with Gasteiger partial charge in [0, 0.05) is 46.2 Å². The molecule has 32 heavy (non-hydrogen) atoms. The second-order valence-electron chi connectivity index (χ2n) is 8.86. The van der Waals surface area contributed by atoms with Crippen molar-refractivity contribution in [1.82, 2.24) is 14.7 Å². The number of ether oxygens (including phenoxy) is 3. The zero-order valence-corrected chi connectivity index (χ0v) is 18.7. The van der Waals surface area contributed by atoms with Gasteiger partial charge in [0.2, 0.25) is 5.91 Å². The van der Waals surface area contributed by atoms with E-state index in [0.29, 0.717) is 19.7 Å². The van der Waals surface area contributed by atoms with Gasteiger partial charge in [-0.2, -0.15) is 0 Å². The van der Waals surface area contributed by atoms with Gasteiger partial charge in [0.15, 0.2) is 17.6 Å². The van der Waals surface area contributed by atoms with Gasteiger partial charge in [-0.3, -0.25) is 14.6 Å². The van der Waals surface area contributed by atoms with Crippen LogP contribution in [0.1, 0.15) is 11.1 Å². The molecule has 1 saturated heterocycles. The monoisotopic (exact) mass is 437 g/mol. The zero-order valence-electron chi connectivity index (χ0n) is 18.7.